The molecule has 106 valence electrons. The normalized spacial score (nSPS) is 12.3. The third-order valence-electron chi connectivity index (χ3n) is 2.71. The van der Waals surface area contributed by atoms with E-state index in [1.807, 2.05) is 0 Å². The first-order valence-electron chi connectivity index (χ1n) is 6.39. The number of amides is 1. The third kappa shape index (κ3) is 5.47. The van der Waals surface area contributed by atoms with Gasteiger partial charge in [0.1, 0.15) is 11.9 Å². The summed E-state index contributed by atoms with van der Waals surface area (Å²) in [5.41, 5.74) is 0.424. The maximum absolute atomic E-state index is 13.1. The van der Waals surface area contributed by atoms with Crippen molar-refractivity contribution >= 4 is 23.2 Å². The first-order valence-corrected chi connectivity index (χ1v) is 6.77. The second kappa shape index (κ2) is 7.34. The monoisotopic (exact) mass is 286 g/mol. The van der Waals surface area contributed by atoms with Gasteiger partial charge < -0.3 is 10.6 Å². The molecule has 1 unspecified atom stereocenters. The number of halogens is 2. The molecule has 0 bridgehead atoms. The molecule has 1 rings (SSSR count). The summed E-state index contributed by atoms with van der Waals surface area (Å²) in [5.74, 6) is 0.0292. The second-order valence-corrected chi connectivity index (χ2v) is 5.37. The number of carbonyl (C=O) groups excluding carboxylic acids is 1. The lowest BCUT2D eigenvalue weighted by Gasteiger charge is -2.16. The Labute approximate surface area is 118 Å². The molecule has 0 saturated heterocycles. The molecule has 0 spiro atoms. The van der Waals surface area contributed by atoms with Gasteiger partial charge in [0, 0.05) is 6.54 Å². The first-order chi connectivity index (χ1) is 8.90. The Bertz CT molecular complexity index is 437. The lowest BCUT2D eigenvalue weighted by molar-refractivity contribution is -0.121. The lowest BCUT2D eigenvalue weighted by atomic mass is 10.1. The molecular formula is C14H20ClFN2O. The van der Waals surface area contributed by atoms with E-state index in [-0.39, 0.29) is 11.7 Å². The predicted octanol–water partition coefficient (Wildman–Crippen LogP) is 3.44. The molecule has 1 amide bonds. The Balaban J connectivity index is 2.51. The summed E-state index contributed by atoms with van der Waals surface area (Å²) in [6, 6.07) is 3.55. The van der Waals surface area contributed by atoms with E-state index in [1.165, 1.54) is 18.2 Å². The molecule has 0 aliphatic heterocycles. The highest BCUT2D eigenvalue weighted by Crippen LogP contribution is 2.23. The van der Waals surface area contributed by atoms with Gasteiger partial charge in [0.05, 0.1) is 10.7 Å². The van der Waals surface area contributed by atoms with Crippen molar-refractivity contribution in [3.05, 3.63) is 29.0 Å². The topological polar surface area (TPSA) is 41.1 Å². The average molecular weight is 287 g/mol. The Morgan fingerprint density at radius 3 is 2.68 bits per heavy atom. The van der Waals surface area contributed by atoms with Gasteiger partial charge in [0.25, 0.3) is 0 Å². The van der Waals surface area contributed by atoms with Crippen LogP contribution in [-0.2, 0) is 4.79 Å². The van der Waals surface area contributed by atoms with Crippen LogP contribution in [0.1, 0.15) is 27.2 Å². The van der Waals surface area contributed by atoms with Gasteiger partial charge in [-0.3, -0.25) is 4.79 Å². The number of hydrogen-bond acceptors (Lipinski definition) is 2. The molecule has 19 heavy (non-hydrogen) atoms. The molecule has 0 heterocycles. The van der Waals surface area contributed by atoms with E-state index in [0.717, 1.165) is 6.42 Å². The molecule has 3 nitrogen and oxygen atoms in total. The van der Waals surface area contributed by atoms with Crippen molar-refractivity contribution in [3.8, 4) is 0 Å². The zero-order valence-electron chi connectivity index (χ0n) is 11.5. The van der Waals surface area contributed by atoms with Crippen molar-refractivity contribution in [1.29, 1.82) is 0 Å². The van der Waals surface area contributed by atoms with E-state index in [0.29, 0.717) is 23.2 Å². The Hall–Kier alpha value is -1.29. The molecule has 0 aromatic heterocycles. The summed E-state index contributed by atoms with van der Waals surface area (Å²) in [7, 11) is 0. The third-order valence-corrected chi connectivity index (χ3v) is 3.04. The molecule has 1 atom stereocenters. The summed E-state index contributed by atoms with van der Waals surface area (Å²) in [5, 5.41) is 6.13. The van der Waals surface area contributed by atoms with Crippen LogP contribution in [0.5, 0.6) is 0 Å². The molecule has 0 radical (unpaired) electrons. The van der Waals surface area contributed by atoms with Crippen molar-refractivity contribution in [3.63, 3.8) is 0 Å². The zero-order valence-corrected chi connectivity index (χ0v) is 12.2. The van der Waals surface area contributed by atoms with E-state index in [1.54, 1.807) is 6.92 Å². The Kier molecular flexibility index (Phi) is 6.09. The zero-order chi connectivity index (χ0) is 14.4. The molecule has 5 heteroatoms. The summed E-state index contributed by atoms with van der Waals surface area (Å²) < 4.78 is 13.1. The quantitative estimate of drug-likeness (QED) is 0.841. The van der Waals surface area contributed by atoms with Crippen LogP contribution in [0.3, 0.4) is 0 Å². The molecule has 0 aliphatic rings. The van der Waals surface area contributed by atoms with E-state index in [2.05, 4.69) is 24.5 Å². The number of carbonyl (C=O) groups is 1. The van der Waals surface area contributed by atoms with Crippen LogP contribution in [-0.4, -0.2) is 18.5 Å². The number of rotatable bonds is 6. The van der Waals surface area contributed by atoms with Crippen LogP contribution >= 0.6 is 11.6 Å². The Morgan fingerprint density at radius 2 is 2.05 bits per heavy atom. The second-order valence-electron chi connectivity index (χ2n) is 4.96. The molecule has 2 N–H and O–H groups in total. The van der Waals surface area contributed by atoms with Gasteiger partial charge >= 0.3 is 0 Å². The van der Waals surface area contributed by atoms with Crippen LogP contribution in [0.4, 0.5) is 10.1 Å². The van der Waals surface area contributed by atoms with Gasteiger partial charge in [-0.05, 0) is 37.5 Å². The van der Waals surface area contributed by atoms with Crippen molar-refractivity contribution < 1.29 is 9.18 Å². The standard InChI is InChI=1S/C14H20ClFN2O/c1-9(2)6-7-17-14(19)10(3)18-13-8-11(16)4-5-12(13)15/h4-5,8-10,18H,6-7H2,1-3H3,(H,17,19). The predicted molar refractivity (Wildman–Crippen MR) is 77.0 cm³/mol. The van der Waals surface area contributed by atoms with Gasteiger partial charge in [0.2, 0.25) is 5.91 Å². The van der Waals surface area contributed by atoms with Crippen molar-refractivity contribution in [2.45, 2.75) is 33.2 Å². The van der Waals surface area contributed by atoms with Gasteiger partial charge in [-0.25, -0.2) is 4.39 Å². The fourth-order valence-electron chi connectivity index (χ4n) is 1.54. The smallest absolute Gasteiger partial charge is 0.242 e. The maximum atomic E-state index is 13.1. The van der Waals surface area contributed by atoms with Crippen molar-refractivity contribution in [2.24, 2.45) is 5.92 Å². The minimum absolute atomic E-state index is 0.124. The highest BCUT2D eigenvalue weighted by atomic mass is 35.5. The van der Waals surface area contributed by atoms with Crippen LogP contribution in [0.2, 0.25) is 5.02 Å². The first kappa shape index (κ1) is 15.8. The summed E-state index contributed by atoms with van der Waals surface area (Å²) in [4.78, 5) is 11.8. The van der Waals surface area contributed by atoms with E-state index >= 15 is 0 Å². The van der Waals surface area contributed by atoms with Crippen LogP contribution < -0.4 is 10.6 Å². The minimum atomic E-state index is -0.466. The lowest BCUT2D eigenvalue weighted by Crippen LogP contribution is -2.38. The Morgan fingerprint density at radius 1 is 1.37 bits per heavy atom. The highest BCUT2D eigenvalue weighted by molar-refractivity contribution is 6.33. The summed E-state index contributed by atoms with van der Waals surface area (Å²) in [6.07, 6.45) is 0.930. The number of nitrogens with one attached hydrogen (secondary N) is 2. The van der Waals surface area contributed by atoms with Gasteiger partial charge in [0.15, 0.2) is 0 Å². The van der Waals surface area contributed by atoms with Crippen LogP contribution in [0.25, 0.3) is 0 Å². The van der Waals surface area contributed by atoms with E-state index in [4.69, 9.17) is 11.6 Å². The number of anilines is 1. The fraction of sp³-hybridized carbons (Fsp3) is 0.500. The maximum Gasteiger partial charge on any atom is 0.242 e. The summed E-state index contributed by atoms with van der Waals surface area (Å²) in [6.45, 7) is 6.55. The largest absolute Gasteiger partial charge is 0.373 e. The molecule has 1 aromatic rings. The number of benzene rings is 1. The van der Waals surface area contributed by atoms with Gasteiger partial charge in [-0.15, -0.1) is 0 Å². The van der Waals surface area contributed by atoms with Crippen LogP contribution in [0, 0.1) is 11.7 Å². The molecule has 1 aromatic carbocycles. The minimum Gasteiger partial charge on any atom is -0.373 e. The van der Waals surface area contributed by atoms with Gasteiger partial charge in [-0.2, -0.15) is 0 Å². The SMILES string of the molecule is CC(C)CCNC(=O)C(C)Nc1cc(F)ccc1Cl. The molecular weight excluding hydrogens is 267 g/mol. The number of hydrogen-bond donors (Lipinski definition) is 2. The fourth-order valence-corrected chi connectivity index (χ4v) is 1.72. The van der Waals surface area contributed by atoms with Crippen molar-refractivity contribution in [2.75, 3.05) is 11.9 Å². The molecule has 0 aliphatic carbocycles. The van der Waals surface area contributed by atoms with E-state index in [9.17, 15) is 9.18 Å². The molecule has 0 fully saturated rings. The van der Waals surface area contributed by atoms with Crippen LogP contribution in [0.15, 0.2) is 18.2 Å². The molecule has 0 saturated carbocycles. The van der Waals surface area contributed by atoms with Crippen molar-refractivity contribution in [1.82, 2.24) is 5.32 Å². The van der Waals surface area contributed by atoms with E-state index < -0.39 is 6.04 Å². The summed E-state index contributed by atoms with van der Waals surface area (Å²) >= 11 is 5.93. The average Bonchev–Trinajstić information content (AvgIpc) is 2.33. The highest BCUT2D eigenvalue weighted by Gasteiger charge is 2.14. The van der Waals surface area contributed by atoms with Gasteiger partial charge in [-0.1, -0.05) is 25.4 Å².